The molecule has 0 saturated carbocycles. The smallest absolute Gasteiger partial charge is 0.338 e. The van der Waals surface area contributed by atoms with Gasteiger partial charge in [0.1, 0.15) is 0 Å². The highest BCUT2D eigenvalue weighted by Crippen LogP contribution is 2.23. The summed E-state index contributed by atoms with van der Waals surface area (Å²) in [4.78, 5) is 27.2. The highest BCUT2D eigenvalue weighted by molar-refractivity contribution is 6.04. The van der Waals surface area contributed by atoms with Crippen molar-refractivity contribution in [2.24, 2.45) is 0 Å². The number of esters is 1. The molecule has 5 nitrogen and oxygen atoms in total. The average Bonchev–Trinajstić information content (AvgIpc) is 2.75. The molecule has 0 aromatic heterocycles. The molecule has 0 aliphatic heterocycles. The number of ether oxygens (including phenoxy) is 1. The Balaban J connectivity index is 1.65. The van der Waals surface area contributed by atoms with Crippen LogP contribution in [0.25, 0.3) is 10.8 Å². The molecule has 0 aliphatic carbocycles. The van der Waals surface area contributed by atoms with Gasteiger partial charge < -0.3 is 15.0 Å². The number of fused-ring (bicyclic) bond motifs is 1. The second-order valence-corrected chi connectivity index (χ2v) is 6.78. The van der Waals surface area contributed by atoms with E-state index in [1.165, 1.54) is 0 Å². The van der Waals surface area contributed by atoms with E-state index in [0.29, 0.717) is 11.3 Å². The van der Waals surface area contributed by atoms with Gasteiger partial charge in [0, 0.05) is 29.9 Å². The van der Waals surface area contributed by atoms with Gasteiger partial charge in [-0.05, 0) is 56.5 Å². The minimum Gasteiger partial charge on any atom is -0.449 e. The Kier molecular flexibility index (Phi) is 6.50. The summed E-state index contributed by atoms with van der Waals surface area (Å²) in [6.45, 7) is 7.53. The van der Waals surface area contributed by atoms with E-state index in [1.807, 2.05) is 54.6 Å². The van der Waals surface area contributed by atoms with Crippen molar-refractivity contribution in [2.75, 3.05) is 23.3 Å². The molecule has 3 aromatic rings. The van der Waals surface area contributed by atoms with Crippen LogP contribution in [0.2, 0.25) is 0 Å². The predicted octanol–water partition coefficient (Wildman–Crippen LogP) is 4.87. The zero-order valence-electron chi connectivity index (χ0n) is 17.0. The molecule has 0 unspecified atom stereocenters. The van der Waals surface area contributed by atoms with Gasteiger partial charge in [0.15, 0.2) is 6.10 Å². The van der Waals surface area contributed by atoms with Crippen molar-refractivity contribution in [3.05, 3.63) is 72.3 Å². The van der Waals surface area contributed by atoms with Crippen molar-refractivity contribution in [3.63, 3.8) is 0 Å². The van der Waals surface area contributed by atoms with E-state index in [2.05, 4.69) is 24.1 Å². The van der Waals surface area contributed by atoms with Crippen molar-refractivity contribution in [3.8, 4) is 0 Å². The zero-order valence-corrected chi connectivity index (χ0v) is 17.0. The Labute approximate surface area is 171 Å². The summed E-state index contributed by atoms with van der Waals surface area (Å²) in [5, 5.41) is 4.83. The molecule has 3 rings (SSSR count). The van der Waals surface area contributed by atoms with Gasteiger partial charge in [-0.2, -0.15) is 0 Å². The molecule has 1 atom stereocenters. The van der Waals surface area contributed by atoms with E-state index in [1.54, 1.807) is 19.1 Å². The summed E-state index contributed by atoms with van der Waals surface area (Å²) in [6.07, 6.45) is -0.913. The second-order valence-electron chi connectivity index (χ2n) is 6.78. The number of hydrogen-bond acceptors (Lipinski definition) is 4. The van der Waals surface area contributed by atoms with Gasteiger partial charge in [-0.25, -0.2) is 4.79 Å². The number of benzene rings is 3. The van der Waals surface area contributed by atoms with Crippen LogP contribution in [0.4, 0.5) is 11.4 Å². The molecule has 29 heavy (non-hydrogen) atoms. The normalized spacial score (nSPS) is 11.7. The van der Waals surface area contributed by atoms with Gasteiger partial charge in [0.2, 0.25) is 0 Å². The number of rotatable bonds is 7. The lowest BCUT2D eigenvalue weighted by molar-refractivity contribution is -0.123. The molecule has 150 valence electrons. The van der Waals surface area contributed by atoms with E-state index in [0.717, 1.165) is 29.5 Å². The SMILES string of the molecule is CCN(CC)c1ccc(C(=O)O[C@H](C)C(=O)Nc2cccc3ccccc23)cc1. The molecule has 3 aromatic carbocycles. The maximum atomic E-state index is 12.5. The lowest BCUT2D eigenvalue weighted by Crippen LogP contribution is -2.30. The summed E-state index contributed by atoms with van der Waals surface area (Å²) < 4.78 is 5.37. The van der Waals surface area contributed by atoms with Gasteiger partial charge in [0.25, 0.3) is 5.91 Å². The van der Waals surface area contributed by atoms with E-state index in [-0.39, 0.29) is 5.91 Å². The van der Waals surface area contributed by atoms with Gasteiger partial charge in [-0.3, -0.25) is 4.79 Å². The van der Waals surface area contributed by atoms with Crippen molar-refractivity contribution < 1.29 is 14.3 Å². The summed E-state index contributed by atoms with van der Waals surface area (Å²) in [7, 11) is 0. The number of carbonyl (C=O) groups is 2. The third-order valence-electron chi connectivity index (χ3n) is 4.93. The molecule has 0 radical (unpaired) electrons. The van der Waals surface area contributed by atoms with E-state index in [4.69, 9.17) is 4.74 Å². The monoisotopic (exact) mass is 390 g/mol. The topological polar surface area (TPSA) is 58.6 Å². The molecule has 0 bridgehead atoms. The van der Waals surface area contributed by atoms with Crippen molar-refractivity contribution in [2.45, 2.75) is 26.9 Å². The summed E-state index contributed by atoms with van der Waals surface area (Å²) in [5.74, 6) is -0.883. The third-order valence-corrected chi connectivity index (χ3v) is 4.93. The Hall–Kier alpha value is -3.34. The molecule has 0 aliphatic rings. The zero-order chi connectivity index (χ0) is 20.8. The first-order chi connectivity index (χ1) is 14.0. The van der Waals surface area contributed by atoms with Crippen LogP contribution in [0, 0.1) is 0 Å². The Morgan fingerprint density at radius 1 is 0.931 bits per heavy atom. The minimum atomic E-state index is -0.913. The molecule has 1 N–H and O–H groups in total. The van der Waals surface area contributed by atoms with Crippen LogP contribution in [0.5, 0.6) is 0 Å². The van der Waals surface area contributed by atoms with Crippen LogP contribution in [0.1, 0.15) is 31.1 Å². The van der Waals surface area contributed by atoms with Crippen LogP contribution in [0.3, 0.4) is 0 Å². The molecule has 0 spiro atoms. The first-order valence-corrected chi connectivity index (χ1v) is 9.88. The van der Waals surface area contributed by atoms with Crippen molar-refractivity contribution >= 4 is 34.0 Å². The molecule has 0 saturated heterocycles. The largest absolute Gasteiger partial charge is 0.449 e. The first-order valence-electron chi connectivity index (χ1n) is 9.88. The molecule has 0 fully saturated rings. The lowest BCUT2D eigenvalue weighted by Gasteiger charge is -2.21. The first kappa shape index (κ1) is 20.4. The predicted molar refractivity (Wildman–Crippen MR) is 117 cm³/mol. The number of carbonyl (C=O) groups excluding carboxylic acids is 2. The van der Waals surface area contributed by atoms with Gasteiger partial charge in [0.05, 0.1) is 5.56 Å². The van der Waals surface area contributed by atoms with Crippen LogP contribution in [-0.4, -0.2) is 31.1 Å². The highest BCUT2D eigenvalue weighted by Gasteiger charge is 2.20. The van der Waals surface area contributed by atoms with Crippen LogP contribution >= 0.6 is 0 Å². The highest BCUT2D eigenvalue weighted by atomic mass is 16.5. The maximum absolute atomic E-state index is 12.5. The standard InChI is InChI=1S/C24H26N2O3/c1-4-26(5-2)20-15-13-19(14-16-20)24(28)29-17(3)23(27)25-22-12-8-10-18-9-6-7-11-21(18)22/h6-17H,4-5H2,1-3H3,(H,25,27)/t17-/m1/s1. The average molecular weight is 390 g/mol. The molecular weight excluding hydrogens is 364 g/mol. The van der Waals surface area contributed by atoms with Gasteiger partial charge >= 0.3 is 5.97 Å². The molecule has 5 heteroatoms. The van der Waals surface area contributed by atoms with E-state index < -0.39 is 12.1 Å². The molecule has 1 amide bonds. The fraction of sp³-hybridized carbons (Fsp3) is 0.250. The van der Waals surface area contributed by atoms with Gasteiger partial charge in [-0.1, -0.05) is 36.4 Å². The van der Waals surface area contributed by atoms with Gasteiger partial charge in [-0.15, -0.1) is 0 Å². The van der Waals surface area contributed by atoms with Crippen LogP contribution < -0.4 is 10.2 Å². The third kappa shape index (κ3) is 4.74. The Morgan fingerprint density at radius 3 is 2.28 bits per heavy atom. The summed E-state index contributed by atoms with van der Waals surface area (Å²) in [6, 6.07) is 20.7. The fourth-order valence-corrected chi connectivity index (χ4v) is 3.25. The quantitative estimate of drug-likeness (QED) is 0.585. The molecular formula is C24H26N2O3. The van der Waals surface area contributed by atoms with E-state index in [9.17, 15) is 9.59 Å². The van der Waals surface area contributed by atoms with Crippen LogP contribution in [-0.2, 0) is 9.53 Å². The van der Waals surface area contributed by atoms with Crippen molar-refractivity contribution in [1.82, 2.24) is 0 Å². The minimum absolute atomic E-state index is 0.366. The maximum Gasteiger partial charge on any atom is 0.338 e. The fourth-order valence-electron chi connectivity index (χ4n) is 3.25. The Bertz CT molecular complexity index is 989. The number of nitrogens with one attached hydrogen (secondary N) is 1. The molecule has 0 heterocycles. The number of nitrogens with zero attached hydrogens (tertiary/aromatic N) is 1. The van der Waals surface area contributed by atoms with Crippen LogP contribution in [0.15, 0.2) is 66.7 Å². The lowest BCUT2D eigenvalue weighted by atomic mass is 10.1. The Morgan fingerprint density at radius 2 is 1.59 bits per heavy atom. The summed E-state index contributed by atoms with van der Waals surface area (Å²) >= 11 is 0. The van der Waals surface area contributed by atoms with E-state index >= 15 is 0 Å². The summed E-state index contributed by atoms with van der Waals surface area (Å²) in [5.41, 5.74) is 2.17. The number of anilines is 2. The number of hydrogen-bond donors (Lipinski definition) is 1. The van der Waals surface area contributed by atoms with Crippen molar-refractivity contribution in [1.29, 1.82) is 0 Å². The second kappa shape index (κ2) is 9.24. The number of amides is 1.